The molecule has 1 heterocycles. The lowest BCUT2D eigenvalue weighted by Gasteiger charge is -2.29. The van der Waals surface area contributed by atoms with E-state index < -0.39 is 31.1 Å². The molecule has 1 saturated heterocycles. The van der Waals surface area contributed by atoms with Gasteiger partial charge in [0, 0.05) is 0 Å². The number of benzene rings is 2. The molecular weight excluding hydrogens is 484 g/mol. The molecule has 7 heteroatoms. The topological polar surface area (TPSA) is 102 Å². The molecule has 2 atom stereocenters. The van der Waals surface area contributed by atoms with E-state index in [-0.39, 0.29) is 30.5 Å². The molecule has 1 aliphatic rings. The van der Waals surface area contributed by atoms with Crippen LogP contribution in [0.2, 0.25) is 0 Å². The molecule has 2 aromatic carbocycles. The summed E-state index contributed by atoms with van der Waals surface area (Å²) in [5, 5.41) is 20.3. The lowest BCUT2D eigenvalue weighted by Crippen LogP contribution is -2.21. The largest absolute Gasteiger partial charge is 0.461 e. The number of carbonyl (C=O) groups is 2. The minimum absolute atomic E-state index is 0.0577. The van der Waals surface area contributed by atoms with Gasteiger partial charge in [0.15, 0.2) is 0 Å². The highest BCUT2D eigenvalue weighted by Gasteiger charge is 2.23. The van der Waals surface area contributed by atoms with Gasteiger partial charge in [-0.15, -0.1) is 0 Å². The van der Waals surface area contributed by atoms with Gasteiger partial charge in [0.25, 0.3) is 0 Å². The molecule has 1 aliphatic heterocycles. The van der Waals surface area contributed by atoms with Crippen molar-refractivity contribution >= 4 is 22.7 Å². The maximum absolute atomic E-state index is 12.0. The average Bonchev–Trinajstić information content (AvgIpc) is 2.95. The zero-order chi connectivity index (χ0) is 27.5. The first-order chi connectivity index (χ1) is 18.4. The molecule has 0 spiro atoms. The Morgan fingerprint density at radius 1 is 0.947 bits per heavy atom. The third kappa shape index (κ3) is 8.25. The number of ether oxygens (including phenoxy) is 3. The van der Waals surface area contributed by atoms with Crippen molar-refractivity contribution in [3.63, 3.8) is 0 Å². The summed E-state index contributed by atoms with van der Waals surface area (Å²) in [7, 11) is 0. The molecule has 0 radical (unpaired) electrons. The van der Waals surface area contributed by atoms with Gasteiger partial charge in [-0.3, -0.25) is 0 Å². The normalized spacial score (nSPS) is 17.4. The van der Waals surface area contributed by atoms with Crippen molar-refractivity contribution in [2.75, 3.05) is 33.0 Å². The zero-order valence-corrected chi connectivity index (χ0v) is 22.3. The first-order valence-electron chi connectivity index (χ1n) is 13.4. The summed E-state index contributed by atoms with van der Waals surface area (Å²) in [6.45, 7) is 8.85. The molecule has 38 heavy (non-hydrogen) atoms. The van der Waals surface area contributed by atoms with Crippen LogP contribution < -0.4 is 0 Å². The summed E-state index contributed by atoms with van der Waals surface area (Å²) < 4.78 is 16.8. The molecule has 0 aliphatic carbocycles. The second-order valence-corrected chi connectivity index (χ2v) is 10.0. The fourth-order valence-electron chi connectivity index (χ4n) is 4.64. The van der Waals surface area contributed by atoms with E-state index in [9.17, 15) is 9.59 Å². The van der Waals surface area contributed by atoms with Gasteiger partial charge in [-0.2, -0.15) is 0 Å². The van der Waals surface area contributed by atoms with Crippen LogP contribution in [0.3, 0.4) is 0 Å². The monoisotopic (exact) mass is 524 g/mol. The molecule has 2 aromatic rings. The predicted molar refractivity (Wildman–Crippen MR) is 147 cm³/mol. The molecular formula is C31H40O7. The molecule has 2 unspecified atom stereocenters. The van der Waals surface area contributed by atoms with Crippen molar-refractivity contribution in [3.05, 3.63) is 71.8 Å². The summed E-state index contributed by atoms with van der Waals surface area (Å²) >= 11 is 0. The number of fused-ring (bicyclic) bond motifs is 1. The smallest absolute Gasteiger partial charge is 0.335 e. The van der Waals surface area contributed by atoms with E-state index in [1.165, 1.54) is 37.7 Å². The zero-order valence-electron chi connectivity index (χ0n) is 22.3. The Kier molecular flexibility index (Phi) is 11.5. The first kappa shape index (κ1) is 29.6. The second-order valence-electron chi connectivity index (χ2n) is 10.0. The molecule has 7 nitrogen and oxygen atoms in total. The molecule has 0 bridgehead atoms. The average molecular weight is 525 g/mol. The van der Waals surface area contributed by atoms with Gasteiger partial charge in [-0.25, -0.2) is 9.59 Å². The number of hydrogen-bond acceptors (Lipinski definition) is 7. The van der Waals surface area contributed by atoms with Crippen molar-refractivity contribution in [1.29, 1.82) is 0 Å². The third-order valence-corrected chi connectivity index (χ3v) is 7.11. The van der Waals surface area contributed by atoms with E-state index in [4.69, 9.17) is 24.4 Å². The Hall–Kier alpha value is -3.00. The van der Waals surface area contributed by atoms with E-state index in [1.54, 1.807) is 0 Å². The van der Waals surface area contributed by atoms with Crippen LogP contribution in [0.15, 0.2) is 60.7 Å². The number of rotatable bonds is 14. The van der Waals surface area contributed by atoms with Crippen molar-refractivity contribution in [2.24, 2.45) is 5.92 Å². The predicted octanol–water partition coefficient (Wildman–Crippen LogP) is 5.15. The number of unbranched alkanes of at least 4 members (excludes halogenated alkanes) is 2. The summed E-state index contributed by atoms with van der Waals surface area (Å²) in [5.41, 5.74) is 1.87. The van der Waals surface area contributed by atoms with Gasteiger partial charge in [-0.1, -0.05) is 69.7 Å². The summed E-state index contributed by atoms with van der Waals surface area (Å²) in [5.74, 6) is -1.23. The molecule has 2 N–H and O–H groups in total. The highest BCUT2D eigenvalue weighted by atomic mass is 16.5. The summed E-state index contributed by atoms with van der Waals surface area (Å²) in [6.07, 6.45) is 7.37. The standard InChI is InChI=1S/C31H40O7/c1-4-5-6-7-23-8-13-29(36-18-23)27-12-11-24-14-26(10-9-25(24)15-27)28(19-37-30(34)21(2)16-32)20-38-31(35)22(3)17-33/h9-12,14-15,23,28-29,32-33H,2-8,13,16-20H2,1H3. The maximum atomic E-state index is 12.0. The van der Waals surface area contributed by atoms with Crippen LogP contribution in [0.4, 0.5) is 0 Å². The van der Waals surface area contributed by atoms with Crippen LogP contribution in [-0.4, -0.2) is 55.2 Å². The number of esters is 2. The number of aliphatic hydroxyl groups is 2. The second kappa shape index (κ2) is 14.8. The minimum atomic E-state index is -0.714. The Labute approximate surface area is 225 Å². The van der Waals surface area contributed by atoms with Gasteiger partial charge >= 0.3 is 11.9 Å². The molecule has 1 fully saturated rings. The van der Waals surface area contributed by atoms with E-state index in [0.29, 0.717) is 5.92 Å². The molecule has 3 rings (SSSR count). The van der Waals surface area contributed by atoms with E-state index >= 15 is 0 Å². The Bertz CT molecular complexity index is 1080. The van der Waals surface area contributed by atoms with Crippen molar-refractivity contribution < 1.29 is 34.0 Å². The van der Waals surface area contributed by atoms with Gasteiger partial charge < -0.3 is 24.4 Å². The van der Waals surface area contributed by atoms with E-state index in [1.807, 2.05) is 18.2 Å². The number of hydrogen-bond donors (Lipinski definition) is 2. The fourth-order valence-corrected chi connectivity index (χ4v) is 4.64. The number of carbonyl (C=O) groups excluding carboxylic acids is 2. The molecule has 0 amide bonds. The van der Waals surface area contributed by atoms with Crippen LogP contribution in [0.1, 0.15) is 68.6 Å². The van der Waals surface area contributed by atoms with Crippen molar-refractivity contribution in [1.82, 2.24) is 0 Å². The highest BCUT2D eigenvalue weighted by Crippen LogP contribution is 2.34. The van der Waals surface area contributed by atoms with Crippen LogP contribution in [0.25, 0.3) is 10.8 Å². The lowest BCUT2D eigenvalue weighted by molar-refractivity contribution is -0.142. The van der Waals surface area contributed by atoms with Crippen molar-refractivity contribution in [3.8, 4) is 0 Å². The SMILES string of the molecule is C=C(CO)C(=O)OCC(COC(=O)C(=C)CO)c1ccc2cc(C3CCC(CCCCC)CO3)ccc2c1. The van der Waals surface area contributed by atoms with Crippen LogP contribution in [0.5, 0.6) is 0 Å². The fraction of sp³-hybridized carbons (Fsp3) is 0.484. The Morgan fingerprint density at radius 3 is 2.16 bits per heavy atom. The van der Waals surface area contributed by atoms with Crippen LogP contribution >= 0.6 is 0 Å². The van der Waals surface area contributed by atoms with Crippen LogP contribution in [-0.2, 0) is 23.8 Å². The van der Waals surface area contributed by atoms with Gasteiger partial charge in [0.1, 0.15) is 13.2 Å². The summed E-state index contributed by atoms with van der Waals surface area (Å²) in [6, 6.07) is 12.2. The lowest BCUT2D eigenvalue weighted by atomic mass is 9.90. The molecule has 0 aromatic heterocycles. The Balaban J connectivity index is 1.71. The van der Waals surface area contributed by atoms with E-state index in [0.717, 1.165) is 29.4 Å². The Morgan fingerprint density at radius 2 is 1.58 bits per heavy atom. The van der Waals surface area contributed by atoms with E-state index in [2.05, 4.69) is 38.3 Å². The third-order valence-electron chi connectivity index (χ3n) is 7.11. The van der Waals surface area contributed by atoms with Gasteiger partial charge in [0.2, 0.25) is 0 Å². The quantitative estimate of drug-likeness (QED) is 0.200. The maximum Gasteiger partial charge on any atom is 0.335 e. The summed E-state index contributed by atoms with van der Waals surface area (Å²) in [4.78, 5) is 24.1. The van der Waals surface area contributed by atoms with Gasteiger partial charge in [0.05, 0.1) is 43.0 Å². The molecule has 206 valence electrons. The first-order valence-corrected chi connectivity index (χ1v) is 13.4. The number of aliphatic hydroxyl groups excluding tert-OH is 2. The van der Waals surface area contributed by atoms with Crippen LogP contribution in [0, 0.1) is 5.92 Å². The van der Waals surface area contributed by atoms with Crippen molar-refractivity contribution in [2.45, 2.75) is 57.5 Å². The highest BCUT2D eigenvalue weighted by molar-refractivity contribution is 5.88. The minimum Gasteiger partial charge on any atom is -0.461 e. The van der Waals surface area contributed by atoms with Gasteiger partial charge in [-0.05, 0) is 53.1 Å². The molecule has 0 saturated carbocycles.